The summed E-state index contributed by atoms with van der Waals surface area (Å²) in [5, 5.41) is 8.99. The van der Waals surface area contributed by atoms with Crippen molar-refractivity contribution in [3.8, 4) is 0 Å². The second-order valence-corrected chi connectivity index (χ2v) is 4.49. The van der Waals surface area contributed by atoms with Gasteiger partial charge in [-0.3, -0.25) is 9.89 Å². The zero-order valence-electron chi connectivity index (χ0n) is 9.47. The highest BCUT2D eigenvalue weighted by molar-refractivity contribution is 7.98. The molecule has 0 unspecified atom stereocenters. The van der Waals surface area contributed by atoms with E-state index < -0.39 is 5.91 Å². The molecule has 0 bridgehead atoms. The normalized spacial score (nSPS) is 11.2. The Balaban J connectivity index is 2.41. The third-order valence-electron chi connectivity index (χ3n) is 2.68. The number of aromatic nitrogens is 4. The summed E-state index contributed by atoms with van der Waals surface area (Å²) in [6.07, 6.45) is 3.65. The van der Waals surface area contributed by atoms with Gasteiger partial charge in [0.25, 0.3) is 5.91 Å². The van der Waals surface area contributed by atoms with Crippen LogP contribution in [0.2, 0.25) is 0 Å². The minimum atomic E-state index is -0.556. The van der Waals surface area contributed by atoms with Crippen LogP contribution in [0.1, 0.15) is 10.5 Å². The van der Waals surface area contributed by atoms with Gasteiger partial charge in [-0.25, -0.2) is 9.97 Å². The molecule has 1 aromatic carbocycles. The molecule has 3 N–H and O–H groups in total. The van der Waals surface area contributed by atoms with Gasteiger partial charge in [-0.2, -0.15) is 5.10 Å². The summed E-state index contributed by atoms with van der Waals surface area (Å²) < 4.78 is 0. The maximum Gasteiger partial charge on any atom is 0.269 e. The van der Waals surface area contributed by atoms with Crippen LogP contribution in [0.4, 0.5) is 0 Å². The van der Waals surface area contributed by atoms with E-state index in [9.17, 15) is 4.79 Å². The largest absolute Gasteiger partial charge is 0.364 e. The lowest BCUT2D eigenvalue weighted by atomic mass is 10.1. The highest BCUT2D eigenvalue weighted by Crippen LogP contribution is 2.25. The van der Waals surface area contributed by atoms with Crippen molar-refractivity contribution in [2.45, 2.75) is 5.16 Å². The van der Waals surface area contributed by atoms with Gasteiger partial charge in [0.2, 0.25) is 0 Å². The van der Waals surface area contributed by atoms with Crippen molar-refractivity contribution in [1.29, 1.82) is 0 Å². The molecule has 0 aliphatic carbocycles. The summed E-state index contributed by atoms with van der Waals surface area (Å²) in [6.45, 7) is 0. The highest BCUT2D eigenvalue weighted by atomic mass is 32.2. The first-order valence-corrected chi connectivity index (χ1v) is 6.41. The Morgan fingerprint density at radius 2 is 2.28 bits per heavy atom. The number of benzene rings is 1. The summed E-state index contributed by atoms with van der Waals surface area (Å²) >= 11 is 1.46. The number of fused-ring (bicyclic) bond motifs is 3. The zero-order valence-corrected chi connectivity index (χ0v) is 10.3. The Bertz CT molecular complexity index is 767. The first-order chi connectivity index (χ1) is 8.70. The fourth-order valence-corrected chi connectivity index (χ4v) is 2.19. The lowest BCUT2D eigenvalue weighted by molar-refractivity contribution is 0.0997. The Morgan fingerprint density at radius 3 is 3.00 bits per heavy atom. The average molecular weight is 259 g/mol. The maximum absolute atomic E-state index is 11.2. The van der Waals surface area contributed by atoms with E-state index in [1.54, 1.807) is 12.3 Å². The average Bonchev–Trinajstić information content (AvgIpc) is 2.82. The van der Waals surface area contributed by atoms with Crippen LogP contribution in [0.3, 0.4) is 0 Å². The van der Waals surface area contributed by atoms with Crippen LogP contribution in [0.25, 0.3) is 21.8 Å². The van der Waals surface area contributed by atoms with Gasteiger partial charge >= 0.3 is 0 Å². The summed E-state index contributed by atoms with van der Waals surface area (Å²) in [4.78, 5) is 19.9. The Labute approximate surface area is 106 Å². The molecule has 3 aromatic rings. The second-order valence-electron chi connectivity index (χ2n) is 3.72. The minimum Gasteiger partial charge on any atom is -0.364 e. The quantitative estimate of drug-likeness (QED) is 0.534. The topological polar surface area (TPSA) is 97.5 Å². The zero-order chi connectivity index (χ0) is 12.7. The van der Waals surface area contributed by atoms with Gasteiger partial charge < -0.3 is 5.73 Å². The van der Waals surface area contributed by atoms with Crippen LogP contribution in [0.5, 0.6) is 0 Å². The Kier molecular flexibility index (Phi) is 2.41. The van der Waals surface area contributed by atoms with Crippen molar-refractivity contribution >= 4 is 39.5 Å². The number of aromatic amines is 1. The standard InChI is InChI=1S/C11H9N5OS/c1-18-11-13-4-5-2-3-6-8(7(5)14-11)15-16-9(6)10(12)17/h2-4H,1H3,(H2,12,17)(H,15,16). The number of nitrogens with zero attached hydrogens (tertiary/aromatic N) is 3. The number of hydrogen-bond donors (Lipinski definition) is 2. The molecule has 18 heavy (non-hydrogen) atoms. The van der Waals surface area contributed by atoms with Gasteiger partial charge in [0, 0.05) is 17.0 Å². The van der Waals surface area contributed by atoms with E-state index >= 15 is 0 Å². The number of carbonyl (C=O) groups excluding carboxylic acids is 1. The molecule has 0 spiro atoms. The van der Waals surface area contributed by atoms with E-state index in [0.29, 0.717) is 16.1 Å². The first kappa shape index (κ1) is 11.0. The third kappa shape index (κ3) is 1.52. The van der Waals surface area contributed by atoms with Crippen molar-refractivity contribution in [3.63, 3.8) is 0 Å². The summed E-state index contributed by atoms with van der Waals surface area (Å²) in [7, 11) is 0. The van der Waals surface area contributed by atoms with Crippen LogP contribution in [0, 0.1) is 0 Å². The van der Waals surface area contributed by atoms with Crippen molar-refractivity contribution in [2.75, 3.05) is 6.26 Å². The molecule has 0 atom stereocenters. The monoisotopic (exact) mass is 259 g/mol. The second kappa shape index (κ2) is 3.95. The van der Waals surface area contributed by atoms with Crippen molar-refractivity contribution in [1.82, 2.24) is 20.2 Å². The van der Waals surface area contributed by atoms with Crippen molar-refractivity contribution in [2.24, 2.45) is 5.73 Å². The van der Waals surface area contributed by atoms with Crippen LogP contribution in [-0.2, 0) is 0 Å². The number of nitrogens with two attached hydrogens (primary N) is 1. The molecular weight excluding hydrogens is 250 g/mol. The first-order valence-electron chi connectivity index (χ1n) is 5.18. The van der Waals surface area contributed by atoms with E-state index in [2.05, 4.69) is 20.2 Å². The van der Waals surface area contributed by atoms with Gasteiger partial charge in [0.15, 0.2) is 10.9 Å². The third-order valence-corrected chi connectivity index (χ3v) is 3.24. The highest BCUT2D eigenvalue weighted by Gasteiger charge is 2.13. The molecule has 6 nitrogen and oxygen atoms in total. The van der Waals surface area contributed by atoms with E-state index in [0.717, 1.165) is 10.9 Å². The van der Waals surface area contributed by atoms with E-state index in [-0.39, 0.29) is 5.69 Å². The smallest absolute Gasteiger partial charge is 0.269 e. The fraction of sp³-hybridized carbons (Fsp3) is 0.0909. The summed E-state index contributed by atoms with van der Waals surface area (Å²) in [5.41, 5.74) is 6.95. The van der Waals surface area contributed by atoms with Gasteiger partial charge in [-0.15, -0.1) is 0 Å². The van der Waals surface area contributed by atoms with Gasteiger partial charge in [0.05, 0.1) is 5.52 Å². The number of amides is 1. The van der Waals surface area contributed by atoms with Gasteiger partial charge in [-0.05, 0) is 12.3 Å². The number of H-pyrrole nitrogens is 1. The number of rotatable bonds is 2. The molecule has 0 saturated heterocycles. The number of hydrogen-bond acceptors (Lipinski definition) is 5. The molecule has 3 rings (SSSR count). The van der Waals surface area contributed by atoms with Crippen LogP contribution in [0.15, 0.2) is 23.5 Å². The molecule has 2 aromatic heterocycles. The fourth-order valence-electron chi connectivity index (χ4n) is 1.85. The summed E-state index contributed by atoms with van der Waals surface area (Å²) in [5.74, 6) is -0.556. The van der Waals surface area contributed by atoms with Gasteiger partial charge in [0.1, 0.15) is 5.52 Å². The molecule has 7 heteroatoms. The molecule has 0 saturated carbocycles. The summed E-state index contributed by atoms with van der Waals surface area (Å²) in [6, 6.07) is 3.65. The Morgan fingerprint density at radius 1 is 1.44 bits per heavy atom. The maximum atomic E-state index is 11.2. The van der Waals surface area contributed by atoms with E-state index in [1.165, 1.54) is 11.8 Å². The SMILES string of the molecule is CSc1ncc2ccc3c(C(N)=O)n[nH]c3c2n1. The van der Waals surface area contributed by atoms with Crippen molar-refractivity contribution in [3.05, 3.63) is 24.0 Å². The number of primary amides is 1. The number of nitrogens with one attached hydrogen (secondary N) is 1. The van der Waals surface area contributed by atoms with Crippen LogP contribution < -0.4 is 5.73 Å². The van der Waals surface area contributed by atoms with Gasteiger partial charge in [-0.1, -0.05) is 17.8 Å². The lowest BCUT2D eigenvalue weighted by Crippen LogP contribution is -2.11. The lowest BCUT2D eigenvalue weighted by Gasteiger charge is -2.00. The molecule has 90 valence electrons. The predicted molar refractivity (Wildman–Crippen MR) is 69.5 cm³/mol. The molecule has 0 fully saturated rings. The van der Waals surface area contributed by atoms with Crippen molar-refractivity contribution < 1.29 is 4.79 Å². The molecular formula is C11H9N5OS. The number of thioether (sulfide) groups is 1. The molecule has 0 aliphatic heterocycles. The van der Waals surface area contributed by atoms with E-state index in [4.69, 9.17) is 5.73 Å². The number of carbonyl (C=O) groups is 1. The predicted octanol–water partition coefficient (Wildman–Crippen LogP) is 1.33. The molecule has 2 heterocycles. The van der Waals surface area contributed by atoms with E-state index in [1.807, 2.05) is 12.3 Å². The molecule has 1 amide bonds. The minimum absolute atomic E-state index is 0.233. The van der Waals surface area contributed by atoms with Crippen LogP contribution in [-0.4, -0.2) is 32.3 Å². The Hall–Kier alpha value is -2.15. The molecule has 0 radical (unpaired) electrons. The van der Waals surface area contributed by atoms with Crippen LogP contribution >= 0.6 is 11.8 Å². The molecule has 0 aliphatic rings.